The van der Waals surface area contributed by atoms with Crippen molar-refractivity contribution in [2.45, 2.75) is 25.7 Å². The molecule has 0 radical (unpaired) electrons. The van der Waals surface area contributed by atoms with Gasteiger partial charge in [-0.15, -0.1) is 0 Å². The van der Waals surface area contributed by atoms with Crippen molar-refractivity contribution in [2.75, 3.05) is 5.32 Å². The van der Waals surface area contributed by atoms with Crippen LogP contribution < -0.4 is 5.32 Å². The van der Waals surface area contributed by atoms with E-state index in [1.165, 1.54) is 18.4 Å². The predicted octanol–water partition coefficient (Wildman–Crippen LogP) is 5.71. The van der Waals surface area contributed by atoms with Gasteiger partial charge in [-0.25, -0.2) is 0 Å². The number of nitrogens with one attached hydrogen (secondary N) is 1. The van der Waals surface area contributed by atoms with Crippen molar-refractivity contribution in [3.05, 3.63) is 78.3 Å². The third kappa shape index (κ3) is 3.36. The van der Waals surface area contributed by atoms with Crippen LogP contribution >= 0.6 is 0 Å². The zero-order valence-corrected chi connectivity index (χ0v) is 14.2. The van der Waals surface area contributed by atoms with Crippen LogP contribution in [0.15, 0.2) is 71.5 Å². The van der Waals surface area contributed by atoms with Crippen LogP contribution in [0.3, 0.4) is 0 Å². The zero-order chi connectivity index (χ0) is 17.2. The largest absolute Gasteiger partial charge is 0.472 e. The van der Waals surface area contributed by atoms with Gasteiger partial charge >= 0.3 is 0 Å². The molecule has 0 aliphatic heterocycles. The lowest BCUT2D eigenvalue weighted by atomic mass is 10.1. The van der Waals surface area contributed by atoms with Crippen molar-refractivity contribution in [2.24, 2.45) is 5.92 Å². The first kappa shape index (κ1) is 15.7. The second-order valence-corrected chi connectivity index (χ2v) is 6.68. The monoisotopic (exact) mass is 331 g/mol. The van der Waals surface area contributed by atoms with Gasteiger partial charge in [0.2, 0.25) is 0 Å². The van der Waals surface area contributed by atoms with Crippen molar-refractivity contribution >= 4 is 11.6 Å². The van der Waals surface area contributed by atoms with Crippen LogP contribution in [-0.4, -0.2) is 5.91 Å². The second-order valence-electron chi connectivity index (χ2n) is 6.68. The lowest BCUT2D eigenvalue weighted by Gasteiger charge is -2.07. The molecule has 25 heavy (non-hydrogen) atoms. The Morgan fingerprint density at radius 2 is 1.80 bits per heavy atom. The summed E-state index contributed by atoms with van der Waals surface area (Å²) in [5.74, 6) is 1.46. The van der Waals surface area contributed by atoms with Gasteiger partial charge in [-0.05, 0) is 59.7 Å². The van der Waals surface area contributed by atoms with E-state index in [9.17, 15) is 4.79 Å². The number of rotatable bonds is 5. The van der Waals surface area contributed by atoms with Gasteiger partial charge in [0, 0.05) is 16.8 Å². The molecule has 1 amide bonds. The average Bonchev–Trinajstić information content (AvgIpc) is 3.24. The fourth-order valence-corrected chi connectivity index (χ4v) is 3.37. The van der Waals surface area contributed by atoms with E-state index in [1.54, 1.807) is 12.5 Å². The van der Waals surface area contributed by atoms with Crippen LogP contribution in [0.5, 0.6) is 0 Å². The fraction of sp³-hybridized carbons (Fsp3) is 0.227. The highest BCUT2D eigenvalue weighted by molar-refractivity contribution is 6.04. The molecule has 1 saturated carbocycles. The Morgan fingerprint density at radius 1 is 1.04 bits per heavy atom. The molecule has 3 heteroatoms. The molecule has 1 aliphatic rings. The van der Waals surface area contributed by atoms with E-state index in [0.717, 1.165) is 22.7 Å². The van der Waals surface area contributed by atoms with Crippen molar-refractivity contribution in [3.63, 3.8) is 0 Å². The molecule has 1 heterocycles. The maximum absolute atomic E-state index is 12.4. The number of carbonyl (C=O) groups excluding carboxylic acids is 1. The molecule has 0 bridgehead atoms. The normalized spacial score (nSPS) is 18.8. The van der Waals surface area contributed by atoms with Crippen LogP contribution in [0.1, 0.15) is 41.6 Å². The molecule has 0 spiro atoms. The third-order valence-corrected chi connectivity index (χ3v) is 5.05. The molecule has 1 N–H and O–H groups in total. The molecule has 3 aromatic rings. The summed E-state index contributed by atoms with van der Waals surface area (Å²) in [6, 6.07) is 17.7. The molecule has 126 valence electrons. The molecule has 1 aliphatic carbocycles. The minimum Gasteiger partial charge on any atom is -0.472 e. The van der Waals surface area contributed by atoms with Gasteiger partial charge in [0.15, 0.2) is 0 Å². The number of carbonyl (C=O) groups is 1. The average molecular weight is 331 g/mol. The molecule has 2 aromatic carbocycles. The summed E-state index contributed by atoms with van der Waals surface area (Å²) in [4.78, 5) is 12.4. The molecule has 3 nitrogen and oxygen atoms in total. The Balaban J connectivity index is 1.41. The highest BCUT2D eigenvalue weighted by atomic mass is 16.3. The Kier molecular flexibility index (Phi) is 4.14. The summed E-state index contributed by atoms with van der Waals surface area (Å²) in [5, 5.41) is 2.97. The minimum atomic E-state index is -0.0932. The molecule has 1 fully saturated rings. The summed E-state index contributed by atoms with van der Waals surface area (Å²) < 4.78 is 5.09. The Labute approximate surface area is 147 Å². The first-order chi connectivity index (χ1) is 12.2. The predicted molar refractivity (Wildman–Crippen MR) is 99.7 cm³/mol. The third-order valence-electron chi connectivity index (χ3n) is 5.05. The minimum absolute atomic E-state index is 0.0932. The Morgan fingerprint density at radius 3 is 2.40 bits per heavy atom. The van der Waals surface area contributed by atoms with E-state index in [0.29, 0.717) is 11.5 Å². The van der Waals surface area contributed by atoms with Gasteiger partial charge < -0.3 is 9.73 Å². The highest BCUT2D eigenvalue weighted by Crippen LogP contribution is 2.49. The zero-order valence-electron chi connectivity index (χ0n) is 14.2. The maximum Gasteiger partial charge on any atom is 0.255 e. The number of furan rings is 1. The van der Waals surface area contributed by atoms with Crippen molar-refractivity contribution in [1.82, 2.24) is 0 Å². The SMILES string of the molecule is CC[C@H]1C[C@H]1c1ccc(NC(=O)c2ccc(-c3ccoc3)cc2)cc1. The van der Waals surface area contributed by atoms with E-state index in [-0.39, 0.29) is 5.91 Å². The Hall–Kier alpha value is -2.81. The van der Waals surface area contributed by atoms with E-state index in [4.69, 9.17) is 4.42 Å². The molecular weight excluding hydrogens is 310 g/mol. The number of amides is 1. The molecule has 0 saturated heterocycles. The van der Waals surface area contributed by atoms with E-state index in [2.05, 4.69) is 24.4 Å². The number of hydrogen-bond acceptors (Lipinski definition) is 2. The molecule has 1 aromatic heterocycles. The molecular formula is C22H21NO2. The summed E-state index contributed by atoms with van der Waals surface area (Å²) in [5.41, 5.74) is 4.90. The topological polar surface area (TPSA) is 42.2 Å². The highest BCUT2D eigenvalue weighted by Gasteiger charge is 2.36. The smallest absolute Gasteiger partial charge is 0.255 e. The van der Waals surface area contributed by atoms with Gasteiger partial charge in [0.1, 0.15) is 0 Å². The maximum atomic E-state index is 12.4. The summed E-state index contributed by atoms with van der Waals surface area (Å²) in [6.45, 7) is 2.25. The van der Waals surface area contributed by atoms with Crippen LogP contribution in [0.25, 0.3) is 11.1 Å². The van der Waals surface area contributed by atoms with Crippen LogP contribution in [-0.2, 0) is 0 Å². The second kappa shape index (κ2) is 6.60. The van der Waals surface area contributed by atoms with E-state index < -0.39 is 0 Å². The number of anilines is 1. The fourth-order valence-electron chi connectivity index (χ4n) is 3.37. The van der Waals surface area contributed by atoms with Crippen molar-refractivity contribution in [3.8, 4) is 11.1 Å². The lowest BCUT2D eigenvalue weighted by Crippen LogP contribution is -2.11. The van der Waals surface area contributed by atoms with Crippen LogP contribution in [0.2, 0.25) is 0 Å². The van der Waals surface area contributed by atoms with Crippen LogP contribution in [0, 0.1) is 5.92 Å². The van der Waals surface area contributed by atoms with Gasteiger partial charge in [0.25, 0.3) is 5.91 Å². The molecule has 4 rings (SSSR count). The standard InChI is InChI=1S/C22H21NO2/c1-2-15-13-21(15)17-7-9-20(10-8-17)23-22(24)18-5-3-16(4-6-18)19-11-12-25-14-19/h3-12,14-15,21H,2,13H2,1H3,(H,23,24)/t15-,21+/m0/s1. The van der Waals surface area contributed by atoms with E-state index >= 15 is 0 Å². The summed E-state index contributed by atoms with van der Waals surface area (Å²) in [6.07, 6.45) is 5.88. The summed E-state index contributed by atoms with van der Waals surface area (Å²) in [7, 11) is 0. The van der Waals surface area contributed by atoms with Gasteiger partial charge in [-0.1, -0.05) is 37.6 Å². The summed E-state index contributed by atoms with van der Waals surface area (Å²) >= 11 is 0. The quantitative estimate of drug-likeness (QED) is 0.650. The van der Waals surface area contributed by atoms with Crippen molar-refractivity contribution < 1.29 is 9.21 Å². The number of benzene rings is 2. The van der Waals surface area contributed by atoms with Gasteiger partial charge in [-0.3, -0.25) is 4.79 Å². The van der Waals surface area contributed by atoms with Crippen LogP contribution in [0.4, 0.5) is 5.69 Å². The van der Waals surface area contributed by atoms with Crippen molar-refractivity contribution in [1.29, 1.82) is 0 Å². The molecule has 0 unspecified atom stereocenters. The van der Waals surface area contributed by atoms with Gasteiger partial charge in [-0.2, -0.15) is 0 Å². The van der Waals surface area contributed by atoms with E-state index in [1.807, 2.05) is 42.5 Å². The Bertz CT molecular complexity index is 848. The number of hydrogen-bond donors (Lipinski definition) is 1. The lowest BCUT2D eigenvalue weighted by molar-refractivity contribution is 0.102. The molecule has 2 atom stereocenters. The first-order valence-electron chi connectivity index (χ1n) is 8.78. The van der Waals surface area contributed by atoms with Gasteiger partial charge in [0.05, 0.1) is 12.5 Å². The first-order valence-corrected chi connectivity index (χ1v) is 8.78.